The smallest absolute Gasteiger partial charge is 0.407 e. The van der Waals surface area contributed by atoms with Crippen LogP contribution >= 0.6 is 0 Å². The maximum atomic E-state index is 11.3. The van der Waals surface area contributed by atoms with Crippen molar-refractivity contribution in [1.82, 2.24) is 9.80 Å². The molecule has 1 aromatic carbocycles. The van der Waals surface area contributed by atoms with Gasteiger partial charge in [0.25, 0.3) is 0 Å². The SMILES string of the molecule is N#Cc1ccc(OCC(O)CN2CC3CCC(C2)N3C(=O)O)cc1. The number of ether oxygens (including phenoxy) is 1. The molecule has 2 N–H and O–H groups in total. The number of benzene rings is 1. The van der Waals surface area contributed by atoms with Crippen molar-refractivity contribution < 1.29 is 19.7 Å². The normalized spacial score (nSPS) is 24.4. The molecule has 2 aliphatic rings. The summed E-state index contributed by atoms with van der Waals surface area (Å²) in [6.45, 7) is 1.96. The van der Waals surface area contributed by atoms with E-state index in [1.165, 1.54) is 0 Å². The molecular weight excluding hydrogens is 310 g/mol. The first-order chi connectivity index (χ1) is 11.6. The van der Waals surface area contributed by atoms with E-state index in [0.717, 1.165) is 12.8 Å². The van der Waals surface area contributed by atoms with Gasteiger partial charge in [-0.1, -0.05) is 0 Å². The zero-order chi connectivity index (χ0) is 17.1. The number of carboxylic acid groups (broad SMARTS) is 1. The van der Waals surface area contributed by atoms with Gasteiger partial charge in [-0.05, 0) is 37.1 Å². The van der Waals surface area contributed by atoms with Crippen molar-refractivity contribution in [3.63, 3.8) is 0 Å². The van der Waals surface area contributed by atoms with Crippen LogP contribution in [-0.4, -0.2) is 70.5 Å². The van der Waals surface area contributed by atoms with Gasteiger partial charge in [-0.15, -0.1) is 0 Å². The van der Waals surface area contributed by atoms with Gasteiger partial charge in [-0.2, -0.15) is 5.26 Å². The Morgan fingerprint density at radius 2 is 1.92 bits per heavy atom. The van der Waals surface area contributed by atoms with Crippen molar-refractivity contribution >= 4 is 6.09 Å². The lowest BCUT2D eigenvalue weighted by Gasteiger charge is -2.40. The molecule has 0 saturated carbocycles. The summed E-state index contributed by atoms with van der Waals surface area (Å²) in [5, 5.41) is 28.2. The Balaban J connectivity index is 1.46. The fourth-order valence-electron chi connectivity index (χ4n) is 3.62. The van der Waals surface area contributed by atoms with Crippen molar-refractivity contribution in [2.75, 3.05) is 26.2 Å². The molecule has 0 radical (unpaired) electrons. The molecule has 1 aromatic rings. The van der Waals surface area contributed by atoms with Crippen molar-refractivity contribution in [3.05, 3.63) is 29.8 Å². The summed E-state index contributed by atoms with van der Waals surface area (Å²) in [4.78, 5) is 15.0. The van der Waals surface area contributed by atoms with Crippen LogP contribution in [0.15, 0.2) is 24.3 Å². The maximum absolute atomic E-state index is 11.3. The van der Waals surface area contributed by atoms with E-state index in [2.05, 4.69) is 4.90 Å². The van der Waals surface area contributed by atoms with Crippen LogP contribution < -0.4 is 4.74 Å². The zero-order valence-corrected chi connectivity index (χ0v) is 13.3. The molecular formula is C17H21N3O4. The largest absolute Gasteiger partial charge is 0.491 e. The summed E-state index contributed by atoms with van der Waals surface area (Å²) >= 11 is 0. The average Bonchev–Trinajstić information content (AvgIpc) is 2.85. The maximum Gasteiger partial charge on any atom is 0.407 e. The highest BCUT2D eigenvalue weighted by Crippen LogP contribution is 2.30. The number of fused-ring (bicyclic) bond motifs is 2. The number of hydrogen-bond donors (Lipinski definition) is 2. The fourth-order valence-corrected chi connectivity index (χ4v) is 3.62. The van der Waals surface area contributed by atoms with Crippen LogP contribution in [0.1, 0.15) is 18.4 Å². The van der Waals surface area contributed by atoms with Gasteiger partial charge in [-0.3, -0.25) is 9.80 Å². The number of aliphatic hydroxyl groups excluding tert-OH is 1. The minimum absolute atomic E-state index is 0.0351. The lowest BCUT2D eigenvalue weighted by molar-refractivity contribution is 0.0231. The van der Waals surface area contributed by atoms with Crippen molar-refractivity contribution in [1.29, 1.82) is 5.26 Å². The van der Waals surface area contributed by atoms with Gasteiger partial charge in [0.05, 0.1) is 11.6 Å². The highest BCUT2D eigenvalue weighted by Gasteiger charge is 2.42. The number of hydrogen-bond acceptors (Lipinski definition) is 5. The average molecular weight is 331 g/mol. The zero-order valence-electron chi connectivity index (χ0n) is 13.3. The highest BCUT2D eigenvalue weighted by molar-refractivity contribution is 5.66. The minimum Gasteiger partial charge on any atom is -0.491 e. The van der Waals surface area contributed by atoms with E-state index in [1.54, 1.807) is 29.2 Å². The number of rotatable bonds is 5. The molecule has 0 aliphatic carbocycles. The third-order valence-electron chi connectivity index (χ3n) is 4.67. The van der Waals surface area contributed by atoms with Gasteiger partial charge in [0.15, 0.2) is 0 Å². The number of likely N-dealkylation sites (tertiary alicyclic amines) is 1. The quantitative estimate of drug-likeness (QED) is 0.839. The van der Waals surface area contributed by atoms with E-state index in [0.29, 0.717) is 30.9 Å². The number of β-amino-alcohol motifs (C(OH)–C–C–N with tert-alkyl or cyclic N) is 1. The molecule has 24 heavy (non-hydrogen) atoms. The Labute approximate surface area is 140 Å². The van der Waals surface area contributed by atoms with Gasteiger partial charge in [0.2, 0.25) is 0 Å². The monoisotopic (exact) mass is 331 g/mol. The van der Waals surface area contributed by atoms with Crippen molar-refractivity contribution in [2.45, 2.75) is 31.0 Å². The summed E-state index contributed by atoms with van der Waals surface area (Å²) in [5.74, 6) is 0.615. The summed E-state index contributed by atoms with van der Waals surface area (Å²) < 4.78 is 5.55. The first-order valence-corrected chi connectivity index (χ1v) is 8.11. The Bertz CT molecular complexity index is 614. The highest BCUT2D eigenvalue weighted by atomic mass is 16.5. The van der Waals surface area contributed by atoms with Gasteiger partial charge in [0.1, 0.15) is 18.5 Å². The summed E-state index contributed by atoms with van der Waals surface area (Å²) in [5.41, 5.74) is 0.565. The Morgan fingerprint density at radius 1 is 1.29 bits per heavy atom. The molecule has 7 heteroatoms. The van der Waals surface area contributed by atoms with Gasteiger partial charge in [0, 0.05) is 31.7 Å². The second-order valence-corrected chi connectivity index (χ2v) is 6.39. The lowest BCUT2D eigenvalue weighted by Crippen LogP contribution is -2.56. The number of carbonyl (C=O) groups is 1. The molecule has 2 saturated heterocycles. The number of amides is 1. The number of aliphatic hydroxyl groups is 1. The Hall–Kier alpha value is -2.30. The van der Waals surface area contributed by atoms with Gasteiger partial charge in [-0.25, -0.2) is 4.79 Å². The predicted octanol–water partition coefficient (Wildman–Crippen LogP) is 1.12. The van der Waals surface area contributed by atoms with Gasteiger partial charge < -0.3 is 14.9 Å². The van der Waals surface area contributed by atoms with Gasteiger partial charge >= 0.3 is 6.09 Å². The van der Waals surface area contributed by atoms with E-state index >= 15 is 0 Å². The van der Waals surface area contributed by atoms with E-state index in [9.17, 15) is 15.0 Å². The standard InChI is InChI=1S/C17H21N3O4/c18-7-12-1-5-16(6-2-12)24-11-15(21)10-19-8-13-3-4-14(9-19)20(13)17(22)23/h1-2,5-6,13-15,21H,3-4,8-11H2,(H,22,23). The third kappa shape index (κ3) is 3.61. The minimum atomic E-state index is -0.841. The summed E-state index contributed by atoms with van der Waals surface area (Å²) in [6.07, 6.45) is 0.305. The molecule has 3 unspecified atom stereocenters. The van der Waals surface area contributed by atoms with Crippen LogP contribution in [0.2, 0.25) is 0 Å². The molecule has 3 atom stereocenters. The van der Waals surface area contributed by atoms with Crippen molar-refractivity contribution in [2.24, 2.45) is 0 Å². The third-order valence-corrected chi connectivity index (χ3v) is 4.67. The topological polar surface area (TPSA) is 97.0 Å². The van der Waals surface area contributed by atoms with Crippen LogP contribution in [0.3, 0.4) is 0 Å². The molecule has 0 spiro atoms. The number of piperazine rings is 1. The van der Waals surface area contributed by atoms with E-state index in [1.807, 2.05) is 6.07 Å². The molecule has 1 amide bonds. The molecule has 2 bridgehead atoms. The molecule has 7 nitrogen and oxygen atoms in total. The Kier molecular flexibility index (Phi) is 4.88. The molecule has 3 rings (SSSR count). The summed E-state index contributed by atoms with van der Waals surface area (Å²) in [7, 11) is 0. The molecule has 2 heterocycles. The van der Waals surface area contributed by atoms with E-state index in [-0.39, 0.29) is 18.7 Å². The number of nitrogens with zero attached hydrogens (tertiary/aromatic N) is 3. The molecule has 2 fully saturated rings. The van der Waals surface area contributed by atoms with Crippen LogP contribution in [0.5, 0.6) is 5.75 Å². The summed E-state index contributed by atoms with van der Waals surface area (Å²) in [6, 6.07) is 8.86. The predicted molar refractivity (Wildman–Crippen MR) is 85.8 cm³/mol. The Morgan fingerprint density at radius 3 is 2.46 bits per heavy atom. The lowest BCUT2D eigenvalue weighted by atomic mass is 10.2. The van der Waals surface area contributed by atoms with E-state index < -0.39 is 12.2 Å². The van der Waals surface area contributed by atoms with E-state index in [4.69, 9.17) is 10.00 Å². The van der Waals surface area contributed by atoms with Crippen LogP contribution in [0.4, 0.5) is 4.79 Å². The van der Waals surface area contributed by atoms with Crippen LogP contribution in [0, 0.1) is 11.3 Å². The first-order valence-electron chi connectivity index (χ1n) is 8.11. The first kappa shape index (κ1) is 16.6. The number of nitriles is 1. The van der Waals surface area contributed by atoms with Crippen molar-refractivity contribution in [3.8, 4) is 11.8 Å². The molecule has 0 aromatic heterocycles. The second kappa shape index (κ2) is 7.07. The fraction of sp³-hybridized carbons (Fsp3) is 0.529. The van der Waals surface area contributed by atoms with Crippen LogP contribution in [-0.2, 0) is 0 Å². The molecule has 2 aliphatic heterocycles. The molecule has 128 valence electrons. The second-order valence-electron chi connectivity index (χ2n) is 6.39. The van der Waals surface area contributed by atoms with Crippen LogP contribution in [0.25, 0.3) is 0 Å².